The van der Waals surface area contributed by atoms with Gasteiger partial charge < -0.3 is 15.5 Å². The molecule has 2 N–H and O–H groups in total. The number of piperidine rings is 1. The van der Waals surface area contributed by atoms with Crippen molar-refractivity contribution in [2.45, 2.75) is 53.0 Å². The van der Waals surface area contributed by atoms with Crippen LogP contribution in [0.25, 0.3) is 0 Å². The molecule has 27 heavy (non-hydrogen) atoms. The number of benzene rings is 1. The molecular weight excluding hydrogens is 362 g/mol. The Kier molecular flexibility index (Phi) is 9.27. The van der Waals surface area contributed by atoms with E-state index in [0.29, 0.717) is 23.7 Å². The number of amides is 2. The van der Waals surface area contributed by atoms with Gasteiger partial charge in [0.05, 0.1) is 0 Å². The maximum atomic E-state index is 13.0. The highest BCUT2D eigenvalue weighted by atomic mass is 35.5. The zero-order chi connectivity index (χ0) is 19.2. The summed E-state index contributed by atoms with van der Waals surface area (Å²) in [6, 6.07) is 7.35. The molecule has 2 rings (SSSR count). The van der Waals surface area contributed by atoms with Gasteiger partial charge in [-0.25, -0.2) is 0 Å². The van der Waals surface area contributed by atoms with Crippen molar-refractivity contribution in [1.29, 1.82) is 0 Å². The van der Waals surface area contributed by atoms with Gasteiger partial charge in [0.15, 0.2) is 0 Å². The van der Waals surface area contributed by atoms with Crippen LogP contribution in [0.3, 0.4) is 0 Å². The minimum absolute atomic E-state index is 0. The summed E-state index contributed by atoms with van der Waals surface area (Å²) in [7, 11) is 0. The fourth-order valence-corrected chi connectivity index (χ4v) is 3.19. The van der Waals surface area contributed by atoms with Crippen molar-refractivity contribution >= 4 is 24.2 Å². The number of carbonyl (C=O) groups excluding carboxylic acids is 2. The maximum absolute atomic E-state index is 13.0. The van der Waals surface area contributed by atoms with E-state index >= 15 is 0 Å². The molecule has 1 fully saturated rings. The van der Waals surface area contributed by atoms with Crippen LogP contribution in [0, 0.1) is 5.41 Å². The summed E-state index contributed by atoms with van der Waals surface area (Å²) in [5.41, 5.74) is 1.29. The summed E-state index contributed by atoms with van der Waals surface area (Å²) in [5, 5.41) is 6.29. The molecular formula is C21H34ClN3O2. The second kappa shape index (κ2) is 10.7. The van der Waals surface area contributed by atoms with Crippen LogP contribution in [0.1, 0.15) is 67.7 Å². The standard InChI is InChI=1S/C21H33N3O2.ClH/c1-5-14-24(18-10-12-22-13-11-18)20(26)17-8-6-16(7-9-17)19(25)23-15-21(2,3)4;/h6-9,18,22H,5,10-15H2,1-4H3,(H,23,25);1H. The minimum atomic E-state index is -0.0947. The van der Waals surface area contributed by atoms with E-state index in [1.54, 1.807) is 24.3 Å². The second-order valence-corrected chi connectivity index (χ2v) is 8.30. The molecule has 0 saturated carbocycles. The number of halogens is 1. The van der Waals surface area contributed by atoms with Gasteiger partial charge in [0.2, 0.25) is 0 Å². The number of hydrogen-bond donors (Lipinski definition) is 2. The van der Waals surface area contributed by atoms with E-state index in [1.807, 2.05) is 4.90 Å². The number of hydrogen-bond acceptors (Lipinski definition) is 3. The molecule has 0 unspecified atom stereocenters. The summed E-state index contributed by atoms with van der Waals surface area (Å²) in [6.07, 6.45) is 2.95. The molecule has 152 valence electrons. The summed E-state index contributed by atoms with van der Waals surface area (Å²) in [4.78, 5) is 27.2. The Hall–Kier alpha value is -1.59. The van der Waals surface area contributed by atoms with Crippen LogP contribution in [0.2, 0.25) is 0 Å². The van der Waals surface area contributed by atoms with Crippen molar-refractivity contribution in [3.63, 3.8) is 0 Å². The number of nitrogens with zero attached hydrogens (tertiary/aromatic N) is 1. The largest absolute Gasteiger partial charge is 0.352 e. The SMILES string of the molecule is CCCN(C(=O)c1ccc(C(=O)NCC(C)(C)C)cc1)C1CCNCC1.Cl. The molecule has 1 aromatic carbocycles. The van der Waals surface area contributed by atoms with Gasteiger partial charge in [-0.2, -0.15) is 0 Å². The van der Waals surface area contributed by atoms with E-state index in [1.165, 1.54) is 0 Å². The van der Waals surface area contributed by atoms with Crippen molar-refractivity contribution in [2.75, 3.05) is 26.2 Å². The number of nitrogens with one attached hydrogen (secondary N) is 2. The Labute approximate surface area is 169 Å². The Morgan fingerprint density at radius 2 is 1.67 bits per heavy atom. The predicted molar refractivity (Wildman–Crippen MR) is 113 cm³/mol. The number of carbonyl (C=O) groups is 2. The monoisotopic (exact) mass is 395 g/mol. The molecule has 1 aliphatic rings. The third-order valence-corrected chi connectivity index (χ3v) is 4.65. The molecule has 1 aromatic rings. The predicted octanol–water partition coefficient (Wildman–Crippen LogP) is 3.49. The van der Waals surface area contributed by atoms with Crippen LogP contribution >= 0.6 is 12.4 Å². The Morgan fingerprint density at radius 1 is 1.11 bits per heavy atom. The molecule has 1 aliphatic heterocycles. The van der Waals surface area contributed by atoms with Crippen LogP contribution in [-0.2, 0) is 0 Å². The third kappa shape index (κ3) is 7.15. The first-order valence-corrected chi connectivity index (χ1v) is 9.72. The first-order chi connectivity index (χ1) is 12.3. The fourth-order valence-electron chi connectivity index (χ4n) is 3.19. The summed E-state index contributed by atoms with van der Waals surface area (Å²) in [6.45, 7) is 11.7. The molecule has 6 heteroatoms. The van der Waals surface area contributed by atoms with Gasteiger partial charge in [-0.05, 0) is 62.0 Å². The lowest BCUT2D eigenvalue weighted by molar-refractivity contribution is 0.0642. The molecule has 0 radical (unpaired) electrons. The average Bonchev–Trinajstić information content (AvgIpc) is 2.64. The smallest absolute Gasteiger partial charge is 0.254 e. The highest BCUT2D eigenvalue weighted by Crippen LogP contribution is 2.17. The molecule has 0 aliphatic carbocycles. The van der Waals surface area contributed by atoms with E-state index in [4.69, 9.17) is 0 Å². The zero-order valence-corrected chi connectivity index (χ0v) is 17.8. The average molecular weight is 396 g/mol. The first-order valence-electron chi connectivity index (χ1n) is 9.72. The summed E-state index contributed by atoms with van der Waals surface area (Å²) < 4.78 is 0. The molecule has 0 bridgehead atoms. The highest BCUT2D eigenvalue weighted by Gasteiger charge is 2.25. The third-order valence-electron chi connectivity index (χ3n) is 4.65. The zero-order valence-electron chi connectivity index (χ0n) is 17.0. The van der Waals surface area contributed by atoms with Gasteiger partial charge >= 0.3 is 0 Å². The molecule has 1 saturated heterocycles. The van der Waals surface area contributed by atoms with Gasteiger partial charge in [-0.15, -0.1) is 12.4 Å². The first kappa shape index (κ1) is 23.4. The van der Waals surface area contributed by atoms with Gasteiger partial charge in [0.1, 0.15) is 0 Å². The van der Waals surface area contributed by atoms with Gasteiger partial charge in [0, 0.05) is 30.3 Å². The Bertz CT molecular complexity index is 605. The molecule has 1 heterocycles. The lowest BCUT2D eigenvalue weighted by atomic mass is 9.97. The molecule has 5 nitrogen and oxygen atoms in total. The van der Waals surface area contributed by atoms with Gasteiger partial charge in [0.25, 0.3) is 11.8 Å². The lowest BCUT2D eigenvalue weighted by Gasteiger charge is -2.34. The van der Waals surface area contributed by atoms with Crippen LogP contribution in [0.5, 0.6) is 0 Å². The van der Waals surface area contributed by atoms with Crippen molar-refractivity contribution in [2.24, 2.45) is 5.41 Å². The normalized spacial score (nSPS) is 15.0. The molecule has 2 amide bonds. The van der Waals surface area contributed by atoms with Crippen LogP contribution in [0.4, 0.5) is 0 Å². The van der Waals surface area contributed by atoms with Crippen LogP contribution < -0.4 is 10.6 Å². The quantitative estimate of drug-likeness (QED) is 0.775. The van der Waals surface area contributed by atoms with Crippen LogP contribution in [-0.4, -0.2) is 48.9 Å². The molecule has 0 atom stereocenters. The van der Waals surface area contributed by atoms with E-state index in [0.717, 1.165) is 38.9 Å². The Balaban J connectivity index is 0.00000364. The van der Waals surface area contributed by atoms with Crippen molar-refractivity contribution in [3.05, 3.63) is 35.4 Å². The van der Waals surface area contributed by atoms with Crippen molar-refractivity contribution in [3.8, 4) is 0 Å². The van der Waals surface area contributed by atoms with E-state index in [2.05, 4.69) is 38.3 Å². The fraction of sp³-hybridized carbons (Fsp3) is 0.619. The van der Waals surface area contributed by atoms with Crippen molar-refractivity contribution < 1.29 is 9.59 Å². The topological polar surface area (TPSA) is 61.4 Å². The van der Waals surface area contributed by atoms with Gasteiger partial charge in [-0.3, -0.25) is 9.59 Å². The van der Waals surface area contributed by atoms with Crippen LogP contribution in [0.15, 0.2) is 24.3 Å². The molecule has 0 aromatic heterocycles. The Morgan fingerprint density at radius 3 is 2.19 bits per heavy atom. The van der Waals surface area contributed by atoms with Gasteiger partial charge in [-0.1, -0.05) is 27.7 Å². The summed E-state index contributed by atoms with van der Waals surface area (Å²) >= 11 is 0. The number of rotatable bonds is 6. The van der Waals surface area contributed by atoms with E-state index in [-0.39, 0.29) is 29.6 Å². The maximum Gasteiger partial charge on any atom is 0.254 e. The van der Waals surface area contributed by atoms with E-state index in [9.17, 15) is 9.59 Å². The lowest BCUT2D eigenvalue weighted by Crippen LogP contribution is -2.46. The van der Waals surface area contributed by atoms with Crippen molar-refractivity contribution in [1.82, 2.24) is 15.5 Å². The molecule has 0 spiro atoms. The highest BCUT2D eigenvalue weighted by molar-refractivity contribution is 5.98. The second-order valence-electron chi connectivity index (χ2n) is 8.30. The summed E-state index contributed by atoms with van der Waals surface area (Å²) in [5.74, 6) is -0.0249. The van der Waals surface area contributed by atoms with E-state index < -0.39 is 0 Å². The minimum Gasteiger partial charge on any atom is -0.352 e.